The Kier molecular flexibility index (Phi) is 2.31. The van der Waals surface area contributed by atoms with Gasteiger partial charge in [0, 0.05) is 6.92 Å². The summed E-state index contributed by atoms with van der Waals surface area (Å²) >= 11 is 0. The molecule has 0 radical (unpaired) electrons. The first-order chi connectivity index (χ1) is 7.64. The van der Waals surface area contributed by atoms with Crippen molar-refractivity contribution in [3.8, 4) is 0 Å². The minimum atomic E-state index is -0.0841. The number of carbonyl (C=O) groups excluding carboxylic acids is 1. The molecule has 2 nitrogen and oxygen atoms in total. The minimum Gasteiger partial charge on any atom is -0.459 e. The van der Waals surface area contributed by atoms with E-state index in [0.29, 0.717) is 11.8 Å². The maximum absolute atomic E-state index is 11.4. The number of esters is 1. The van der Waals surface area contributed by atoms with Gasteiger partial charge in [-0.15, -0.1) is 0 Å². The van der Waals surface area contributed by atoms with Crippen molar-refractivity contribution >= 4 is 5.97 Å². The van der Waals surface area contributed by atoms with Crippen molar-refractivity contribution in [2.24, 2.45) is 23.7 Å². The van der Waals surface area contributed by atoms with E-state index in [0.717, 1.165) is 18.3 Å². The first kappa shape index (κ1) is 10.6. The van der Waals surface area contributed by atoms with Crippen molar-refractivity contribution in [2.45, 2.75) is 58.0 Å². The van der Waals surface area contributed by atoms with Gasteiger partial charge < -0.3 is 4.74 Å². The van der Waals surface area contributed by atoms with E-state index in [1.165, 1.54) is 32.1 Å². The molecule has 2 heteroatoms. The lowest BCUT2D eigenvalue weighted by molar-refractivity contribution is -0.208. The third-order valence-electron chi connectivity index (χ3n) is 5.41. The highest BCUT2D eigenvalue weighted by molar-refractivity contribution is 5.66. The van der Waals surface area contributed by atoms with Crippen LogP contribution < -0.4 is 0 Å². The summed E-state index contributed by atoms with van der Waals surface area (Å²) < 4.78 is 5.82. The summed E-state index contributed by atoms with van der Waals surface area (Å²) in [6.45, 7) is 3.77. The molecule has 0 spiro atoms. The topological polar surface area (TPSA) is 26.3 Å². The minimum absolute atomic E-state index is 0.0747. The Bertz CT molecular complexity index is 280. The molecular formula is C14H22O2. The van der Waals surface area contributed by atoms with Crippen LogP contribution in [0.1, 0.15) is 52.4 Å². The molecule has 90 valence electrons. The predicted octanol–water partition coefficient (Wildman–Crippen LogP) is 3.15. The second-order valence-corrected chi connectivity index (χ2v) is 6.21. The summed E-state index contributed by atoms with van der Waals surface area (Å²) in [5, 5.41) is 0. The average Bonchev–Trinajstić information content (AvgIpc) is 2.22. The van der Waals surface area contributed by atoms with Gasteiger partial charge in [-0.3, -0.25) is 4.79 Å². The molecule has 4 bridgehead atoms. The van der Waals surface area contributed by atoms with Crippen LogP contribution in [0.2, 0.25) is 0 Å². The Hall–Kier alpha value is -0.530. The SMILES string of the molecule is CCC1(OC(C)=O)C2CC3CC(C2)CC1C3. The van der Waals surface area contributed by atoms with Gasteiger partial charge in [0.05, 0.1) is 0 Å². The first-order valence-electron chi connectivity index (χ1n) is 6.83. The maximum atomic E-state index is 11.4. The molecule has 4 rings (SSSR count). The summed E-state index contributed by atoms with van der Waals surface area (Å²) in [6.07, 6.45) is 7.72. The van der Waals surface area contributed by atoms with Crippen molar-refractivity contribution in [2.75, 3.05) is 0 Å². The summed E-state index contributed by atoms with van der Waals surface area (Å²) in [6, 6.07) is 0. The van der Waals surface area contributed by atoms with Gasteiger partial charge in [-0.1, -0.05) is 6.92 Å². The lowest BCUT2D eigenvalue weighted by Crippen LogP contribution is -2.59. The number of carbonyl (C=O) groups is 1. The van der Waals surface area contributed by atoms with Crippen molar-refractivity contribution in [1.29, 1.82) is 0 Å². The second kappa shape index (κ2) is 3.48. The molecule has 0 saturated heterocycles. The monoisotopic (exact) mass is 222 g/mol. The normalized spacial score (nSPS) is 49.4. The Morgan fingerprint density at radius 2 is 1.62 bits per heavy atom. The van der Waals surface area contributed by atoms with Crippen LogP contribution in [0.15, 0.2) is 0 Å². The molecule has 4 saturated carbocycles. The van der Waals surface area contributed by atoms with E-state index in [4.69, 9.17) is 4.74 Å². The maximum Gasteiger partial charge on any atom is 0.303 e. The zero-order chi connectivity index (χ0) is 11.3. The lowest BCUT2D eigenvalue weighted by atomic mass is 9.49. The van der Waals surface area contributed by atoms with Crippen LogP contribution in [0.4, 0.5) is 0 Å². The van der Waals surface area contributed by atoms with E-state index < -0.39 is 0 Å². The third kappa shape index (κ3) is 1.34. The number of rotatable bonds is 2. The van der Waals surface area contributed by atoms with Gasteiger partial charge in [-0.05, 0) is 62.2 Å². The molecule has 16 heavy (non-hydrogen) atoms. The molecule has 4 aliphatic rings. The molecule has 0 atom stereocenters. The van der Waals surface area contributed by atoms with Gasteiger partial charge in [0.2, 0.25) is 0 Å². The van der Waals surface area contributed by atoms with Crippen LogP contribution in [0.5, 0.6) is 0 Å². The first-order valence-corrected chi connectivity index (χ1v) is 6.83. The Morgan fingerprint density at radius 1 is 1.12 bits per heavy atom. The van der Waals surface area contributed by atoms with Crippen molar-refractivity contribution in [3.63, 3.8) is 0 Å². The number of ether oxygens (including phenoxy) is 1. The summed E-state index contributed by atoms with van der Waals surface area (Å²) in [7, 11) is 0. The van der Waals surface area contributed by atoms with Crippen LogP contribution in [0.25, 0.3) is 0 Å². The predicted molar refractivity (Wildman–Crippen MR) is 61.8 cm³/mol. The molecule has 0 N–H and O–H groups in total. The summed E-state index contributed by atoms with van der Waals surface area (Å²) in [5.74, 6) is 3.14. The van der Waals surface area contributed by atoms with Crippen LogP contribution in [-0.4, -0.2) is 11.6 Å². The van der Waals surface area contributed by atoms with Crippen LogP contribution >= 0.6 is 0 Å². The molecule has 0 aromatic rings. The molecule has 4 aliphatic carbocycles. The quantitative estimate of drug-likeness (QED) is 0.671. The number of hydrogen-bond acceptors (Lipinski definition) is 2. The molecule has 0 aromatic heterocycles. The van der Waals surface area contributed by atoms with E-state index in [1.54, 1.807) is 6.92 Å². The van der Waals surface area contributed by atoms with Crippen LogP contribution in [0, 0.1) is 23.7 Å². The van der Waals surface area contributed by atoms with Gasteiger partial charge in [0.25, 0.3) is 0 Å². The van der Waals surface area contributed by atoms with Gasteiger partial charge in [-0.25, -0.2) is 0 Å². The standard InChI is InChI=1S/C14H22O2/c1-3-14(16-9(2)15)12-5-10-4-11(7-12)8-13(14)6-10/h10-13H,3-8H2,1-2H3. The molecule has 0 heterocycles. The highest BCUT2D eigenvalue weighted by Gasteiger charge is 2.58. The van der Waals surface area contributed by atoms with Gasteiger partial charge in [-0.2, -0.15) is 0 Å². The van der Waals surface area contributed by atoms with Crippen LogP contribution in [0.3, 0.4) is 0 Å². The molecular weight excluding hydrogens is 200 g/mol. The largest absolute Gasteiger partial charge is 0.459 e. The van der Waals surface area contributed by atoms with Gasteiger partial charge in [0.15, 0.2) is 0 Å². The Labute approximate surface area is 97.7 Å². The molecule has 0 aromatic carbocycles. The average molecular weight is 222 g/mol. The fourth-order valence-corrected chi connectivity index (χ4v) is 5.07. The van der Waals surface area contributed by atoms with Crippen molar-refractivity contribution in [1.82, 2.24) is 0 Å². The second-order valence-electron chi connectivity index (χ2n) is 6.21. The fourth-order valence-electron chi connectivity index (χ4n) is 5.07. The summed E-state index contributed by atoms with van der Waals surface area (Å²) in [4.78, 5) is 11.4. The highest BCUT2D eigenvalue weighted by atomic mass is 16.6. The lowest BCUT2D eigenvalue weighted by Gasteiger charge is -2.60. The van der Waals surface area contributed by atoms with E-state index in [1.807, 2.05) is 0 Å². The van der Waals surface area contributed by atoms with Crippen LogP contribution in [-0.2, 0) is 9.53 Å². The fraction of sp³-hybridized carbons (Fsp3) is 0.929. The molecule has 0 unspecified atom stereocenters. The van der Waals surface area contributed by atoms with Crippen molar-refractivity contribution < 1.29 is 9.53 Å². The van der Waals surface area contributed by atoms with E-state index in [2.05, 4.69) is 6.92 Å². The summed E-state index contributed by atoms with van der Waals surface area (Å²) in [5.41, 5.74) is -0.0841. The molecule has 0 aliphatic heterocycles. The zero-order valence-electron chi connectivity index (χ0n) is 10.4. The Balaban J connectivity index is 1.90. The number of hydrogen-bond donors (Lipinski definition) is 0. The van der Waals surface area contributed by atoms with Gasteiger partial charge in [0.1, 0.15) is 5.60 Å². The smallest absolute Gasteiger partial charge is 0.303 e. The van der Waals surface area contributed by atoms with E-state index in [-0.39, 0.29) is 11.6 Å². The zero-order valence-corrected chi connectivity index (χ0v) is 10.4. The van der Waals surface area contributed by atoms with Crippen molar-refractivity contribution in [3.05, 3.63) is 0 Å². The van der Waals surface area contributed by atoms with E-state index in [9.17, 15) is 4.79 Å². The molecule has 4 fully saturated rings. The van der Waals surface area contributed by atoms with E-state index >= 15 is 0 Å². The van der Waals surface area contributed by atoms with Gasteiger partial charge >= 0.3 is 5.97 Å². The third-order valence-corrected chi connectivity index (χ3v) is 5.41. The highest BCUT2D eigenvalue weighted by Crippen LogP contribution is 2.60. The molecule has 0 amide bonds. The Morgan fingerprint density at radius 3 is 2.00 bits per heavy atom.